The Hall–Kier alpha value is -1.95. The number of thiol groups is 1. The third-order valence-electron chi connectivity index (χ3n) is 3.04. The predicted molar refractivity (Wildman–Crippen MR) is 80.9 cm³/mol. The first kappa shape index (κ1) is 13.1. The monoisotopic (exact) mass is 289 g/mol. The summed E-state index contributed by atoms with van der Waals surface area (Å²) in [5, 5.41) is 3.14. The number of nitrogens with zero attached hydrogens (tertiary/aromatic N) is 2. The number of guanidine groups is 1. The highest BCUT2D eigenvalue weighted by Crippen LogP contribution is 2.25. The van der Waals surface area contributed by atoms with Gasteiger partial charge in [0.15, 0.2) is 0 Å². The van der Waals surface area contributed by atoms with Crippen LogP contribution in [0.3, 0.4) is 0 Å². The highest BCUT2D eigenvalue weighted by molar-refractivity contribution is 7.80. The molecule has 5 nitrogen and oxygen atoms in total. The Bertz CT molecular complexity index is 602. The molecule has 20 heavy (non-hydrogen) atoms. The Balaban J connectivity index is 1.91. The van der Waals surface area contributed by atoms with Crippen molar-refractivity contribution in [1.29, 1.82) is 0 Å². The van der Waals surface area contributed by atoms with Gasteiger partial charge in [0, 0.05) is 12.3 Å². The van der Waals surface area contributed by atoms with E-state index in [-0.39, 0.29) is 5.92 Å². The van der Waals surface area contributed by atoms with E-state index >= 15 is 0 Å². The van der Waals surface area contributed by atoms with Crippen LogP contribution in [0.1, 0.15) is 17.4 Å². The van der Waals surface area contributed by atoms with Crippen molar-refractivity contribution in [3.63, 3.8) is 0 Å². The van der Waals surface area contributed by atoms with Crippen LogP contribution in [0, 0.1) is 0 Å². The van der Waals surface area contributed by atoms with Gasteiger partial charge in [0.25, 0.3) is 0 Å². The van der Waals surface area contributed by atoms with Gasteiger partial charge in [-0.05, 0) is 24.3 Å². The molecule has 0 saturated carbocycles. The second kappa shape index (κ2) is 6.00. The van der Waals surface area contributed by atoms with E-state index in [9.17, 15) is 0 Å². The number of aliphatic imine (C=N–C) groups is 2. The first-order valence-corrected chi connectivity index (χ1v) is 7.07. The molecule has 0 aliphatic carbocycles. The summed E-state index contributed by atoms with van der Waals surface area (Å²) in [6, 6.07) is 7.55. The third kappa shape index (κ3) is 2.65. The Morgan fingerprint density at radius 1 is 1.25 bits per heavy atom. The first-order valence-electron chi connectivity index (χ1n) is 6.43. The third-order valence-corrected chi connectivity index (χ3v) is 3.26. The second-order valence-electron chi connectivity index (χ2n) is 4.36. The quantitative estimate of drug-likeness (QED) is 0.849. The van der Waals surface area contributed by atoms with Crippen molar-refractivity contribution in [3.05, 3.63) is 48.3 Å². The number of rotatable bonds is 4. The molecule has 2 aromatic rings. The molecule has 3 rings (SSSR count). The van der Waals surface area contributed by atoms with Crippen LogP contribution in [0.15, 0.2) is 55.6 Å². The molecule has 6 heteroatoms. The Labute approximate surface area is 122 Å². The van der Waals surface area contributed by atoms with Gasteiger partial charge in [-0.3, -0.25) is 4.99 Å². The molecule has 104 valence electrons. The molecule has 0 bridgehead atoms. The maximum atomic E-state index is 5.49. The van der Waals surface area contributed by atoms with E-state index in [0.717, 1.165) is 29.5 Å². The smallest absolute Gasteiger partial charge is 0.218 e. The minimum atomic E-state index is -0.0160. The topological polar surface area (TPSA) is 63.0 Å². The van der Waals surface area contributed by atoms with E-state index in [1.54, 1.807) is 12.5 Å². The van der Waals surface area contributed by atoms with Gasteiger partial charge < -0.3 is 14.2 Å². The standard InChI is InChI=1S/C14H15N3O2S/c20-8-5-15-14-16-9-10(11-3-1-6-18-11)13(17-14)12-4-2-7-19-12/h1-4,6-7,10,20H,5,8-9H2,(H,15,16). The van der Waals surface area contributed by atoms with E-state index in [0.29, 0.717) is 12.5 Å². The molecule has 0 radical (unpaired) electrons. The highest BCUT2D eigenvalue weighted by Gasteiger charge is 2.27. The summed E-state index contributed by atoms with van der Waals surface area (Å²) < 4.78 is 11.0. The minimum Gasteiger partial charge on any atom is -0.469 e. The molecule has 1 N–H and O–H groups in total. The normalized spacial score (nSPS) is 18.6. The van der Waals surface area contributed by atoms with Crippen LogP contribution in [-0.2, 0) is 0 Å². The average molecular weight is 289 g/mol. The summed E-state index contributed by atoms with van der Waals surface area (Å²) in [7, 11) is 0. The number of nitrogens with one attached hydrogen (secondary N) is 1. The van der Waals surface area contributed by atoms with Gasteiger partial charge in [-0.1, -0.05) is 0 Å². The van der Waals surface area contributed by atoms with Crippen LogP contribution in [0.25, 0.3) is 0 Å². The van der Waals surface area contributed by atoms with Crippen molar-refractivity contribution in [1.82, 2.24) is 5.32 Å². The molecule has 1 aliphatic heterocycles. The van der Waals surface area contributed by atoms with Crippen LogP contribution in [0.2, 0.25) is 0 Å². The zero-order valence-electron chi connectivity index (χ0n) is 10.8. The molecular formula is C14H15N3O2S. The molecule has 0 fully saturated rings. The van der Waals surface area contributed by atoms with Crippen LogP contribution >= 0.6 is 12.6 Å². The first-order chi connectivity index (χ1) is 9.88. The minimum absolute atomic E-state index is 0.0160. The molecule has 1 unspecified atom stereocenters. The lowest BCUT2D eigenvalue weighted by Gasteiger charge is -2.19. The van der Waals surface area contributed by atoms with Gasteiger partial charge in [0.05, 0.1) is 30.7 Å². The molecule has 3 heterocycles. The van der Waals surface area contributed by atoms with Gasteiger partial charge in [-0.15, -0.1) is 0 Å². The molecule has 0 saturated heterocycles. The Morgan fingerprint density at radius 3 is 2.80 bits per heavy atom. The molecule has 0 amide bonds. The SMILES string of the molecule is SCCNC1=NCC(c2ccco2)C(c2ccco2)=N1. The Morgan fingerprint density at radius 2 is 2.10 bits per heavy atom. The molecule has 0 aromatic carbocycles. The van der Waals surface area contributed by atoms with Crippen LogP contribution in [0.4, 0.5) is 0 Å². The van der Waals surface area contributed by atoms with Gasteiger partial charge >= 0.3 is 0 Å². The van der Waals surface area contributed by atoms with Gasteiger partial charge in [-0.2, -0.15) is 12.6 Å². The van der Waals surface area contributed by atoms with Crippen molar-refractivity contribution < 1.29 is 8.83 Å². The fourth-order valence-corrected chi connectivity index (χ4v) is 2.23. The fraction of sp³-hybridized carbons (Fsp3) is 0.286. The molecule has 0 spiro atoms. The number of furan rings is 2. The summed E-state index contributed by atoms with van der Waals surface area (Å²) in [6.07, 6.45) is 3.30. The van der Waals surface area contributed by atoms with E-state index in [1.165, 1.54) is 0 Å². The van der Waals surface area contributed by atoms with Gasteiger partial charge in [-0.25, -0.2) is 4.99 Å². The number of hydrogen-bond acceptors (Lipinski definition) is 6. The van der Waals surface area contributed by atoms with E-state index in [2.05, 4.69) is 27.9 Å². The van der Waals surface area contributed by atoms with Crippen molar-refractivity contribution in [2.75, 3.05) is 18.8 Å². The van der Waals surface area contributed by atoms with Crippen molar-refractivity contribution >= 4 is 24.3 Å². The summed E-state index contributed by atoms with van der Waals surface area (Å²) in [6.45, 7) is 1.31. The van der Waals surface area contributed by atoms with Crippen LogP contribution < -0.4 is 5.32 Å². The summed E-state index contributed by atoms with van der Waals surface area (Å²) in [5.74, 6) is 2.92. The van der Waals surface area contributed by atoms with Crippen molar-refractivity contribution in [3.8, 4) is 0 Å². The Kier molecular flexibility index (Phi) is 3.92. The lowest BCUT2D eigenvalue weighted by Crippen LogP contribution is -2.31. The molecule has 1 atom stereocenters. The zero-order valence-corrected chi connectivity index (χ0v) is 11.7. The fourth-order valence-electron chi connectivity index (χ4n) is 2.12. The van der Waals surface area contributed by atoms with Crippen LogP contribution in [-0.4, -0.2) is 30.5 Å². The van der Waals surface area contributed by atoms with Crippen molar-refractivity contribution in [2.24, 2.45) is 9.98 Å². The summed E-state index contributed by atoms with van der Waals surface area (Å²) in [5.41, 5.74) is 0.835. The van der Waals surface area contributed by atoms with Gasteiger partial charge in [0.1, 0.15) is 11.5 Å². The van der Waals surface area contributed by atoms with E-state index in [4.69, 9.17) is 8.83 Å². The molecule has 1 aliphatic rings. The second-order valence-corrected chi connectivity index (χ2v) is 4.80. The summed E-state index contributed by atoms with van der Waals surface area (Å²) >= 11 is 4.17. The molecule has 2 aromatic heterocycles. The highest BCUT2D eigenvalue weighted by atomic mass is 32.1. The van der Waals surface area contributed by atoms with Gasteiger partial charge in [0.2, 0.25) is 5.96 Å². The predicted octanol–water partition coefficient (Wildman–Crippen LogP) is 2.33. The number of hydrogen-bond donors (Lipinski definition) is 2. The summed E-state index contributed by atoms with van der Waals surface area (Å²) in [4.78, 5) is 9.01. The largest absolute Gasteiger partial charge is 0.469 e. The average Bonchev–Trinajstić information content (AvgIpc) is 3.17. The van der Waals surface area contributed by atoms with E-state index in [1.807, 2.05) is 24.3 Å². The van der Waals surface area contributed by atoms with Crippen LogP contribution in [0.5, 0.6) is 0 Å². The zero-order chi connectivity index (χ0) is 13.8. The lowest BCUT2D eigenvalue weighted by atomic mass is 9.97. The van der Waals surface area contributed by atoms with E-state index < -0.39 is 0 Å². The maximum absolute atomic E-state index is 5.49. The maximum Gasteiger partial charge on any atom is 0.218 e. The lowest BCUT2D eigenvalue weighted by molar-refractivity contribution is 0.492. The van der Waals surface area contributed by atoms with Crippen molar-refractivity contribution in [2.45, 2.75) is 5.92 Å². The molecular weight excluding hydrogens is 274 g/mol.